The van der Waals surface area contributed by atoms with Gasteiger partial charge in [0.1, 0.15) is 17.7 Å². The maximum absolute atomic E-state index is 13.2. The van der Waals surface area contributed by atoms with Crippen LogP contribution in [0.5, 0.6) is 11.5 Å². The molecule has 0 saturated carbocycles. The van der Waals surface area contributed by atoms with Crippen LogP contribution >= 0.6 is 0 Å². The highest BCUT2D eigenvalue weighted by molar-refractivity contribution is 5.97. The van der Waals surface area contributed by atoms with Gasteiger partial charge in [0, 0.05) is 28.9 Å². The number of benzene rings is 4. The summed E-state index contributed by atoms with van der Waals surface area (Å²) in [5, 5.41) is 3.71. The Balaban J connectivity index is 1.53. The summed E-state index contributed by atoms with van der Waals surface area (Å²) in [4.78, 5) is 15.5. The molecular formula is C32H30N2O3. The molecule has 0 amide bonds. The van der Waals surface area contributed by atoms with Crippen LogP contribution in [-0.2, 0) is 10.3 Å². The van der Waals surface area contributed by atoms with Gasteiger partial charge >= 0.3 is 5.97 Å². The van der Waals surface area contributed by atoms with Crippen molar-refractivity contribution < 1.29 is 14.3 Å². The van der Waals surface area contributed by atoms with Crippen LogP contribution in [0.15, 0.2) is 97.1 Å². The summed E-state index contributed by atoms with van der Waals surface area (Å²) in [6.45, 7) is 5.35. The van der Waals surface area contributed by atoms with Gasteiger partial charge in [0.15, 0.2) is 5.60 Å². The first kappa shape index (κ1) is 23.3. The Morgan fingerprint density at radius 1 is 0.811 bits per heavy atom. The maximum Gasteiger partial charge on any atom is 0.340 e. The van der Waals surface area contributed by atoms with E-state index in [2.05, 4.69) is 55.4 Å². The largest absolute Gasteiger partial charge is 0.456 e. The van der Waals surface area contributed by atoms with E-state index in [0.29, 0.717) is 23.0 Å². The van der Waals surface area contributed by atoms with E-state index in [-0.39, 0.29) is 12.1 Å². The monoisotopic (exact) mass is 490 g/mol. The molecule has 5 heteroatoms. The van der Waals surface area contributed by atoms with Gasteiger partial charge in [-0.05, 0) is 54.9 Å². The highest BCUT2D eigenvalue weighted by Crippen LogP contribution is 2.56. The molecule has 2 heterocycles. The summed E-state index contributed by atoms with van der Waals surface area (Å²) < 4.78 is 12.7. The van der Waals surface area contributed by atoms with Gasteiger partial charge < -0.3 is 14.8 Å². The summed E-state index contributed by atoms with van der Waals surface area (Å²) in [6.07, 6.45) is -0.100. The number of hydrogen-bond donors (Lipinski definition) is 1. The maximum atomic E-state index is 13.2. The SMILES string of the molecule is CC(C)CN(C)C(Nc1ccccc1)c1ccc2c(c1)C1(OC(=O)c3ccccc31)c1ccccc1O2. The molecule has 0 aromatic heterocycles. The van der Waals surface area contributed by atoms with Crippen LogP contribution in [-0.4, -0.2) is 24.5 Å². The first-order valence-corrected chi connectivity index (χ1v) is 12.7. The van der Waals surface area contributed by atoms with Crippen molar-refractivity contribution in [2.75, 3.05) is 18.9 Å². The minimum atomic E-state index is -1.07. The molecule has 2 unspecified atom stereocenters. The molecule has 1 N–H and O–H groups in total. The Bertz CT molecular complexity index is 1470. The van der Waals surface area contributed by atoms with Gasteiger partial charge in [-0.1, -0.05) is 74.5 Å². The van der Waals surface area contributed by atoms with Crippen molar-refractivity contribution in [1.29, 1.82) is 0 Å². The van der Waals surface area contributed by atoms with Gasteiger partial charge in [-0.2, -0.15) is 0 Å². The molecule has 186 valence electrons. The Labute approximate surface area is 217 Å². The number of para-hydroxylation sites is 2. The summed E-state index contributed by atoms with van der Waals surface area (Å²) in [5.74, 6) is 1.56. The summed E-state index contributed by atoms with van der Waals surface area (Å²) in [5.41, 5.74) is 4.13. The number of rotatable bonds is 6. The van der Waals surface area contributed by atoms with E-state index < -0.39 is 5.60 Å². The minimum Gasteiger partial charge on any atom is -0.456 e. The average molecular weight is 491 g/mol. The molecule has 2 atom stereocenters. The van der Waals surface area contributed by atoms with Crippen LogP contribution in [0.2, 0.25) is 0 Å². The van der Waals surface area contributed by atoms with Gasteiger partial charge in [-0.25, -0.2) is 4.79 Å². The predicted octanol–water partition coefficient (Wildman–Crippen LogP) is 6.95. The van der Waals surface area contributed by atoms with Crippen molar-refractivity contribution in [3.63, 3.8) is 0 Å². The number of ether oxygens (including phenoxy) is 2. The van der Waals surface area contributed by atoms with Crippen LogP contribution in [0.4, 0.5) is 5.69 Å². The quantitative estimate of drug-likeness (QED) is 0.234. The zero-order chi connectivity index (χ0) is 25.6. The summed E-state index contributed by atoms with van der Waals surface area (Å²) in [6, 6.07) is 31.9. The number of anilines is 1. The lowest BCUT2D eigenvalue weighted by Gasteiger charge is -2.38. The number of fused-ring (bicyclic) bond motifs is 6. The lowest BCUT2D eigenvalue weighted by Crippen LogP contribution is -2.35. The second kappa shape index (κ2) is 9.09. The molecule has 0 saturated heterocycles. The fourth-order valence-corrected chi connectivity index (χ4v) is 5.63. The van der Waals surface area contributed by atoms with E-state index in [1.165, 1.54) is 0 Å². The van der Waals surface area contributed by atoms with Crippen LogP contribution < -0.4 is 10.1 Å². The lowest BCUT2D eigenvalue weighted by molar-refractivity contribution is 0.0224. The summed E-state index contributed by atoms with van der Waals surface area (Å²) in [7, 11) is 2.13. The molecule has 0 bridgehead atoms. The van der Waals surface area contributed by atoms with Gasteiger partial charge in [0.2, 0.25) is 0 Å². The van der Waals surface area contributed by atoms with Crippen molar-refractivity contribution in [3.05, 3.63) is 125 Å². The van der Waals surface area contributed by atoms with Crippen molar-refractivity contribution in [2.24, 2.45) is 5.92 Å². The van der Waals surface area contributed by atoms with Crippen molar-refractivity contribution in [3.8, 4) is 11.5 Å². The second-order valence-corrected chi connectivity index (χ2v) is 10.2. The standard InChI is InChI=1S/C32H30N2O3/c1-21(2)20-34(3)30(33-23-11-5-4-6-12-23)22-17-18-29-27(19-22)32(26-15-9-10-16-28(26)36-29)25-14-8-7-13-24(25)31(35)37-32/h4-19,21,30,33H,20H2,1-3H3. The molecule has 0 fully saturated rings. The molecule has 6 rings (SSSR count). The molecule has 2 aliphatic rings. The smallest absolute Gasteiger partial charge is 0.340 e. The number of carbonyl (C=O) groups is 1. The fourth-order valence-electron chi connectivity index (χ4n) is 5.63. The van der Waals surface area contributed by atoms with Gasteiger partial charge in [-0.15, -0.1) is 0 Å². The third-order valence-electron chi connectivity index (χ3n) is 7.13. The van der Waals surface area contributed by atoms with Crippen LogP contribution in [0.1, 0.15) is 52.6 Å². The first-order chi connectivity index (χ1) is 18.0. The number of hydrogen-bond acceptors (Lipinski definition) is 5. The zero-order valence-corrected chi connectivity index (χ0v) is 21.3. The van der Waals surface area contributed by atoms with E-state index >= 15 is 0 Å². The van der Waals surface area contributed by atoms with E-state index in [1.54, 1.807) is 0 Å². The molecule has 4 aromatic rings. The Morgan fingerprint density at radius 3 is 2.27 bits per heavy atom. The molecule has 0 aliphatic carbocycles. The third-order valence-corrected chi connectivity index (χ3v) is 7.13. The Hall–Kier alpha value is -4.09. The number of esters is 1. The topological polar surface area (TPSA) is 50.8 Å². The first-order valence-electron chi connectivity index (χ1n) is 12.7. The molecular weight excluding hydrogens is 460 g/mol. The second-order valence-electron chi connectivity index (χ2n) is 10.2. The molecule has 37 heavy (non-hydrogen) atoms. The van der Waals surface area contributed by atoms with E-state index in [0.717, 1.165) is 34.5 Å². The highest BCUT2D eigenvalue weighted by Gasteiger charge is 2.53. The van der Waals surface area contributed by atoms with Crippen LogP contribution in [0.3, 0.4) is 0 Å². The van der Waals surface area contributed by atoms with Gasteiger partial charge in [0.05, 0.1) is 5.56 Å². The lowest BCUT2D eigenvalue weighted by atomic mass is 9.77. The molecule has 0 radical (unpaired) electrons. The van der Waals surface area contributed by atoms with Crippen molar-refractivity contribution in [2.45, 2.75) is 25.6 Å². The average Bonchev–Trinajstić information content (AvgIpc) is 3.20. The third kappa shape index (κ3) is 3.87. The van der Waals surface area contributed by atoms with Crippen LogP contribution in [0.25, 0.3) is 0 Å². The van der Waals surface area contributed by atoms with Gasteiger partial charge in [-0.3, -0.25) is 4.90 Å². The Kier molecular flexibility index (Phi) is 5.73. The van der Waals surface area contributed by atoms with Crippen molar-refractivity contribution >= 4 is 11.7 Å². The molecule has 4 aromatic carbocycles. The van der Waals surface area contributed by atoms with Gasteiger partial charge in [0.25, 0.3) is 0 Å². The Morgan fingerprint density at radius 2 is 1.49 bits per heavy atom. The predicted molar refractivity (Wildman–Crippen MR) is 145 cm³/mol. The number of nitrogens with zero attached hydrogens (tertiary/aromatic N) is 1. The molecule has 5 nitrogen and oxygen atoms in total. The normalized spacial score (nSPS) is 18.1. The fraction of sp³-hybridized carbons (Fsp3) is 0.219. The van der Waals surface area contributed by atoms with Crippen LogP contribution in [0, 0.1) is 5.92 Å². The summed E-state index contributed by atoms with van der Waals surface area (Å²) >= 11 is 0. The van der Waals surface area contributed by atoms with Crippen molar-refractivity contribution in [1.82, 2.24) is 4.90 Å². The van der Waals surface area contributed by atoms with E-state index in [9.17, 15) is 4.79 Å². The van der Waals surface area contributed by atoms with E-state index in [1.807, 2.05) is 72.8 Å². The minimum absolute atomic E-state index is 0.100. The molecule has 2 aliphatic heterocycles. The number of nitrogens with one attached hydrogen (secondary N) is 1. The molecule has 1 spiro atoms. The highest BCUT2D eigenvalue weighted by atomic mass is 16.6. The number of carbonyl (C=O) groups excluding carboxylic acids is 1. The zero-order valence-electron chi connectivity index (χ0n) is 21.3. The van der Waals surface area contributed by atoms with E-state index in [4.69, 9.17) is 9.47 Å².